The van der Waals surface area contributed by atoms with E-state index in [4.69, 9.17) is 5.73 Å². The van der Waals surface area contributed by atoms with Crippen LogP contribution in [0.4, 0.5) is 15.9 Å². The maximum atomic E-state index is 13.3. The Bertz CT molecular complexity index is 489. The van der Waals surface area contributed by atoms with Crippen LogP contribution in [0.5, 0.6) is 0 Å². The quantitative estimate of drug-likeness (QED) is 0.877. The number of nitrogens with zero attached hydrogens (tertiary/aromatic N) is 3. The maximum Gasteiger partial charge on any atom is 0.151 e. The summed E-state index contributed by atoms with van der Waals surface area (Å²) in [5.41, 5.74) is 6.28. The molecule has 0 atom stereocenters. The fraction of sp³-hybridized carbons (Fsp3) is 0.231. The highest BCUT2D eigenvalue weighted by molar-refractivity contribution is 5.58. The zero-order valence-electron chi connectivity index (χ0n) is 9.96. The molecule has 2 aromatic rings. The molecule has 0 aliphatic carbocycles. The first kappa shape index (κ1) is 12.4. The Morgan fingerprint density at radius 3 is 2.83 bits per heavy atom. The molecular weight excluding hydrogens is 231 g/mol. The minimum Gasteiger partial charge on any atom is -0.330 e. The Hall–Kier alpha value is -2.01. The highest BCUT2D eigenvalue weighted by Crippen LogP contribution is 2.23. The van der Waals surface area contributed by atoms with Crippen molar-refractivity contribution in [2.24, 2.45) is 5.73 Å². The first-order valence-electron chi connectivity index (χ1n) is 5.80. The predicted molar refractivity (Wildman–Crippen MR) is 69.1 cm³/mol. The lowest BCUT2D eigenvalue weighted by molar-refractivity contribution is 0.627. The van der Waals surface area contributed by atoms with Crippen LogP contribution in [0.3, 0.4) is 0 Å². The van der Waals surface area contributed by atoms with Gasteiger partial charge in [0.25, 0.3) is 0 Å². The smallest absolute Gasteiger partial charge is 0.151 e. The van der Waals surface area contributed by atoms with Gasteiger partial charge in [0.2, 0.25) is 0 Å². The molecule has 0 saturated heterocycles. The second kappa shape index (κ2) is 6.07. The zero-order valence-corrected chi connectivity index (χ0v) is 9.96. The number of anilines is 2. The van der Waals surface area contributed by atoms with Gasteiger partial charge < -0.3 is 10.6 Å². The van der Waals surface area contributed by atoms with Crippen molar-refractivity contribution in [1.82, 2.24) is 9.97 Å². The number of aromatic nitrogens is 2. The Morgan fingerprint density at radius 2 is 2.17 bits per heavy atom. The number of hydrogen-bond acceptors (Lipinski definition) is 4. The molecule has 0 fully saturated rings. The van der Waals surface area contributed by atoms with Gasteiger partial charge in [0.05, 0.1) is 6.20 Å². The molecule has 0 bridgehead atoms. The molecule has 1 aromatic heterocycles. The van der Waals surface area contributed by atoms with E-state index in [1.165, 1.54) is 12.1 Å². The van der Waals surface area contributed by atoms with Crippen LogP contribution in [0.2, 0.25) is 0 Å². The summed E-state index contributed by atoms with van der Waals surface area (Å²) in [6.07, 6.45) is 5.68. The van der Waals surface area contributed by atoms with E-state index in [1.807, 2.05) is 11.0 Å². The van der Waals surface area contributed by atoms with Crippen LogP contribution in [0, 0.1) is 5.82 Å². The SMILES string of the molecule is NCCCN(c1cccc(F)c1)c1cnccn1. The molecule has 0 saturated carbocycles. The first-order chi connectivity index (χ1) is 8.81. The van der Waals surface area contributed by atoms with E-state index in [-0.39, 0.29) is 5.82 Å². The standard InChI is InChI=1S/C13H15FN4/c14-11-3-1-4-12(9-11)18(8-2-5-15)13-10-16-6-7-17-13/h1,3-4,6-7,9-10H,2,5,8,15H2. The van der Waals surface area contributed by atoms with Gasteiger partial charge >= 0.3 is 0 Å². The second-order valence-corrected chi connectivity index (χ2v) is 3.84. The van der Waals surface area contributed by atoms with E-state index < -0.39 is 0 Å². The van der Waals surface area contributed by atoms with Gasteiger partial charge in [0.15, 0.2) is 5.82 Å². The molecule has 2 N–H and O–H groups in total. The minimum atomic E-state index is -0.269. The van der Waals surface area contributed by atoms with Crippen molar-refractivity contribution in [3.63, 3.8) is 0 Å². The predicted octanol–water partition coefficient (Wildman–Crippen LogP) is 2.10. The Morgan fingerprint density at radius 1 is 1.28 bits per heavy atom. The van der Waals surface area contributed by atoms with Crippen LogP contribution < -0.4 is 10.6 Å². The normalized spacial score (nSPS) is 10.3. The van der Waals surface area contributed by atoms with Crippen molar-refractivity contribution in [3.8, 4) is 0 Å². The molecule has 1 heterocycles. The molecule has 0 aliphatic rings. The van der Waals surface area contributed by atoms with Gasteiger partial charge in [-0.05, 0) is 31.2 Å². The molecule has 2 rings (SSSR count). The zero-order chi connectivity index (χ0) is 12.8. The van der Waals surface area contributed by atoms with Gasteiger partial charge in [0.1, 0.15) is 5.82 Å². The van der Waals surface area contributed by atoms with E-state index in [0.29, 0.717) is 18.9 Å². The van der Waals surface area contributed by atoms with Gasteiger partial charge in [-0.3, -0.25) is 4.98 Å². The number of benzene rings is 1. The topological polar surface area (TPSA) is 55.0 Å². The molecule has 0 spiro atoms. The van der Waals surface area contributed by atoms with Crippen LogP contribution in [0.25, 0.3) is 0 Å². The summed E-state index contributed by atoms with van der Waals surface area (Å²) < 4.78 is 13.3. The van der Waals surface area contributed by atoms with Crippen molar-refractivity contribution in [3.05, 3.63) is 48.7 Å². The molecule has 0 amide bonds. The third-order valence-electron chi connectivity index (χ3n) is 2.53. The highest BCUT2D eigenvalue weighted by Gasteiger charge is 2.10. The molecule has 94 valence electrons. The molecule has 1 aromatic carbocycles. The molecule has 5 heteroatoms. The van der Waals surface area contributed by atoms with E-state index in [9.17, 15) is 4.39 Å². The van der Waals surface area contributed by atoms with Gasteiger partial charge in [-0.2, -0.15) is 0 Å². The molecule has 4 nitrogen and oxygen atoms in total. The van der Waals surface area contributed by atoms with Crippen LogP contribution in [-0.4, -0.2) is 23.1 Å². The van der Waals surface area contributed by atoms with Crippen LogP contribution in [0.1, 0.15) is 6.42 Å². The molecule has 0 unspecified atom stereocenters. The summed E-state index contributed by atoms with van der Waals surface area (Å²) in [7, 11) is 0. The second-order valence-electron chi connectivity index (χ2n) is 3.84. The lowest BCUT2D eigenvalue weighted by Gasteiger charge is -2.23. The summed E-state index contributed by atoms with van der Waals surface area (Å²) in [4.78, 5) is 10.2. The van der Waals surface area contributed by atoms with Crippen LogP contribution in [-0.2, 0) is 0 Å². The largest absolute Gasteiger partial charge is 0.330 e. The monoisotopic (exact) mass is 246 g/mol. The van der Waals surface area contributed by atoms with E-state index in [1.54, 1.807) is 24.7 Å². The fourth-order valence-corrected chi connectivity index (χ4v) is 1.70. The first-order valence-corrected chi connectivity index (χ1v) is 5.80. The Kier molecular flexibility index (Phi) is 4.20. The Balaban J connectivity index is 2.31. The van der Waals surface area contributed by atoms with Gasteiger partial charge in [-0.15, -0.1) is 0 Å². The van der Waals surface area contributed by atoms with E-state index >= 15 is 0 Å². The van der Waals surface area contributed by atoms with Crippen molar-refractivity contribution in [2.45, 2.75) is 6.42 Å². The van der Waals surface area contributed by atoms with Gasteiger partial charge in [-0.1, -0.05) is 6.07 Å². The van der Waals surface area contributed by atoms with Crippen molar-refractivity contribution >= 4 is 11.5 Å². The maximum absolute atomic E-state index is 13.3. The lowest BCUT2D eigenvalue weighted by atomic mass is 10.2. The molecule has 0 radical (unpaired) electrons. The molecule has 18 heavy (non-hydrogen) atoms. The number of rotatable bonds is 5. The van der Waals surface area contributed by atoms with Gasteiger partial charge in [0, 0.05) is 24.6 Å². The summed E-state index contributed by atoms with van der Waals surface area (Å²) in [5.74, 6) is 0.422. The van der Waals surface area contributed by atoms with Crippen LogP contribution >= 0.6 is 0 Å². The third-order valence-corrected chi connectivity index (χ3v) is 2.53. The third kappa shape index (κ3) is 3.01. The number of nitrogens with two attached hydrogens (primary N) is 1. The number of halogens is 1. The average Bonchev–Trinajstić information content (AvgIpc) is 2.40. The Labute approximate surface area is 105 Å². The molecule has 0 aliphatic heterocycles. The van der Waals surface area contributed by atoms with Gasteiger partial charge in [-0.25, -0.2) is 9.37 Å². The summed E-state index contributed by atoms with van der Waals surface area (Å²) >= 11 is 0. The van der Waals surface area contributed by atoms with E-state index in [2.05, 4.69) is 9.97 Å². The lowest BCUT2D eigenvalue weighted by Crippen LogP contribution is -2.22. The fourth-order valence-electron chi connectivity index (χ4n) is 1.70. The molecular formula is C13H15FN4. The van der Waals surface area contributed by atoms with Crippen molar-refractivity contribution < 1.29 is 4.39 Å². The number of hydrogen-bond donors (Lipinski definition) is 1. The summed E-state index contributed by atoms with van der Waals surface area (Å²) in [6.45, 7) is 1.25. The van der Waals surface area contributed by atoms with E-state index in [0.717, 1.165) is 12.1 Å². The minimum absolute atomic E-state index is 0.269. The summed E-state index contributed by atoms with van der Waals surface area (Å²) in [6, 6.07) is 6.41. The van der Waals surface area contributed by atoms with Crippen LogP contribution in [0.15, 0.2) is 42.9 Å². The van der Waals surface area contributed by atoms with Crippen molar-refractivity contribution in [1.29, 1.82) is 0 Å². The average molecular weight is 246 g/mol. The summed E-state index contributed by atoms with van der Waals surface area (Å²) in [5, 5.41) is 0. The van der Waals surface area contributed by atoms with Crippen molar-refractivity contribution in [2.75, 3.05) is 18.0 Å². The highest BCUT2D eigenvalue weighted by atomic mass is 19.1.